The van der Waals surface area contributed by atoms with Gasteiger partial charge in [0, 0.05) is 13.0 Å². The van der Waals surface area contributed by atoms with Crippen molar-refractivity contribution in [2.24, 2.45) is 0 Å². The molecule has 0 spiro atoms. The third-order valence-electron chi connectivity index (χ3n) is 5.73. The summed E-state index contributed by atoms with van der Waals surface area (Å²) in [5, 5.41) is 0. The Labute approximate surface area is 186 Å². The SMILES string of the molecule is COc1ccc(CO[C@H](c2ccc(F)cc2)[C@@H](c2ccc(F)cc2)N2CCCC2=O)cc1. The van der Waals surface area contributed by atoms with E-state index in [0.717, 1.165) is 28.9 Å². The normalized spacial score (nSPS) is 15.6. The number of rotatable bonds is 8. The fourth-order valence-electron chi connectivity index (χ4n) is 4.07. The van der Waals surface area contributed by atoms with Crippen LogP contribution in [0.1, 0.15) is 41.7 Å². The maximum absolute atomic E-state index is 13.6. The van der Waals surface area contributed by atoms with Gasteiger partial charge in [-0.1, -0.05) is 36.4 Å². The number of halogens is 2. The first-order valence-corrected chi connectivity index (χ1v) is 10.6. The first-order valence-electron chi connectivity index (χ1n) is 10.6. The average molecular weight is 437 g/mol. The lowest BCUT2D eigenvalue weighted by Crippen LogP contribution is -2.35. The van der Waals surface area contributed by atoms with Gasteiger partial charge < -0.3 is 14.4 Å². The van der Waals surface area contributed by atoms with Crippen LogP contribution in [-0.2, 0) is 16.1 Å². The Kier molecular flexibility index (Phi) is 6.81. The molecule has 3 aromatic carbocycles. The highest BCUT2D eigenvalue weighted by Gasteiger charge is 2.36. The molecule has 0 aliphatic carbocycles. The number of carbonyl (C=O) groups excluding carboxylic acids is 1. The molecule has 0 aromatic heterocycles. The van der Waals surface area contributed by atoms with Gasteiger partial charge in [-0.3, -0.25) is 4.79 Å². The molecule has 4 rings (SSSR count). The predicted octanol–water partition coefficient (Wildman–Crippen LogP) is 5.60. The number of carbonyl (C=O) groups is 1. The summed E-state index contributed by atoms with van der Waals surface area (Å²) < 4.78 is 38.9. The van der Waals surface area contributed by atoms with Crippen molar-refractivity contribution < 1.29 is 23.0 Å². The fraction of sp³-hybridized carbons (Fsp3) is 0.269. The summed E-state index contributed by atoms with van der Waals surface area (Å²) >= 11 is 0. The molecule has 1 aliphatic rings. The maximum Gasteiger partial charge on any atom is 0.223 e. The van der Waals surface area contributed by atoms with Crippen molar-refractivity contribution in [2.45, 2.75) is 31.6 Å². The second-order valence-corrected chi connectivity index (χ2v) is 7.82. The van der Waals surface area contributed by atoms with Crippen LogP contribution in [0.5, 0.6) is 5.75 Å². The number of methoxy groups -OCH3 is 1. The molecule has 1 saturated heterocycles. The highest BCUT2D eigenvalue weighted by atomic mass is 19.1. The van der Waals surface area contributed by atoms with Crippen LogP contribution in [0.15, 0.2) is 72.8 Å². The standard InChI is InChI=1S/C26H25F2NO3/c1-31-23-14-4-18(5-15-23)17-32-26(20-8-12-22(28)13-9-20)25(29-16-2-3-24(29)30)19-6-10-21(27)11-7-19/h4-15,25-26H,2-3,16-17H2,1H3/t25-,26-/m1/s1. The summed E-state index contributed by atoms with van der Waals surface area (Å²) in [6, 6.07) is 19.3. The fourth-order valence-corrected chi connectivity index (χ4v) is 4.07. The van der Waals surface area contributed by atoms with Gasteiger partial charge in [-0.2, -0.15) is 0 Å². The zero-order valence-corrected chi connectivity index (χ0v) is 17.8. The molecule has 0 saturated carbocycles. The molecule has 4 nitrogen and oxygen atoms in total. The van der Waals surface area contributed by atoms with Gasteiger partial charge in [0.15, 0.2) is 0 Å². The minimum absolute atomic E-state index is 0.0273. The molecule has 32 heavy (non-hydrogen) atoms. The molecule has 1 heterocycles. The van der Waals surface area contributed by atoms with E-state index in [0.29, 0.717) is 13.0 Å². The molecule has 2 atom stereocenters. The lowest BCUT2D eigenvalue weighted by atomic mass is 9.94. The molecule has 166 valence electrons. The number of amides is 1. The lowest BCUT2D eigenvalue weighted by Gasteiger charge is -2.35. The van der Waals surface area contributed by atoms with Crippen LogP contribution >= 0.6 is 0 Å². The molecular weight excluding hydrogens is 412 g/mol. The van der Waals surface area contributed by atoms with Crippen LogP contribution in [0.25, 0.3) is 0 Å². The van der Waals surface area contributed by atoms with Crippen LogP contribution in [0.2, 0.25) is 0 Å². The number of hydrogen-bond donors (Lipinski definition) is 0. The topological polar surface area (TPSA) is 38.8 Å². The van der Waals surface area contributed by atoms with Gasteiger partial charge in [-0.05, 0) is 59.5 Å². The number of likely N-dealkylation sites (tertiary alicyclic amines) is 1. The molecular formula is C26H25F2NO3. The van der Waals surface area contributed by atoms with Gasteiger partial charge in [0.25, 0.3) is 0 Å². The molecule has 0 unspecified atom stereocenters. The summed E-state index contributed by atoms with van der Waals surface area (Å²) in [5.74, 6) is 0.0751. The van der Waals surface area contributed by atoms with E-state index >= 15 is 0 Å². The Morgan fingerprint density at radius 1 is 0.875 bits per heavy atom. The van der Waals surface area contributed by atoms with Gasteiger partial charge in [0.1, 0.15) is 23.5 Å². The van der Waals surface area contributed by atoms with Gasteiger partial charge in [-0.15, -0.1) is 0 Å². The summed E-state index contributed by atoms with van der Waals surface area (Å²) in [4.78, 5) is 14.5. The van der Waals surface area contributed by atoms with Gasteiger partial charge >= 0.3 is 0 Å². The van der Waals surface area contributed by atoms with E-state index in [1.165, 1.54) is 24.3 Å². The van der Waals surface area contributed by atoms with Crippen molar-refractivity contribution in [1.29, 1.82) is 0 Å². The van der Waals surface area contributed by atoms with E-state index in [9.17, 15) is 13.6 Å². The Morgan fingerprint density at radius 2 is 1.47 bits per heavy atom. The van der Waals surface area contributed by atoms with Crippen LogP contribution in [-0.4, -0.2) is 24.5 Å². The van der Waals surface area contributed by atoms with Crippen molar-refractivity contribution in [1.82, 2.24) is 4.90 Å². The Morgan fingerprint density at radius 3 is 2.00 bits per heavy atom. The summed E-state index contributed by atoms with van der Waals surface area (Å²) in [6.07, 6.45) is 0.655. The van der Waals surface area contributed by atoms with E-state index < -0.39 is 12.1 Å². The Bertz CT molecular complexity index is 1040. The van der Waals surface area contributed by atoms with Crippen molar-refractivity contribution >= 4 is 5.91 Å². The van der Waals surface area contributed by atoms with E-state index in [-0.39, 0.29) is 24.1 Å². The van der Waals surface area contributed by atoms with Crippen molar-refractivity contribution in [2.75, 3.05) is 13.7 Å². The summed E-state index contributed by atoms with van der Waals surface area (Å²) in [5.41, 5.74) is 2.45. The first kappa shape index (κ1) is 22.0. The maximum atomic E-state index is 13.6. The number of hydrogen-bond acceptors (Lipinski definition) is 3. The van der Waals surface area contributed by atoms with E-state index in [4.69, 9.17) is 9.47 Å². The smallest absolute Gasteiger partial charge is 0.223 e. The monoisotopic (exact) mass is 437 g/mol. The van der Waals surface area contributed by atoms with Crippen LogP contribution in [0, 0.1) is 11.6 Å². The first-order chi connectivity index (χ1) is 15.5. The van der Waals surface area contributed by atoms with Crippen LogP contribution in [0.4, 0.5) is 8.78 Å². The molecule has 1 aliphatic heterocycles. The third-order valence-corrected chi connectivity index (χ3v) is 5.73. The van der Waals surface area contributed by atoms with Gasteiger partial charge in [-0.25, -0.2) is 8.78 Å². The lowest BCUT2D eigenvalue weighted by molar-refractivity contribution is -0.134. The largest absolute Gasteiger partial charge is 0.497 e. The van der Waals surface area contributed by atoms with Crippen LogP contribution in [0.3, 0.4) is 0 Å². The number of benzene rings is 3. The molecule has 6 heteroatoms. The van der Waals surface area contributed by atoms with Gasteiger partial charge in [0.2, 0.25) is 5.91 Å². The highest BCUT2D eigenvalue weighted by Crippen LogP contribution is 2.40. The highest BCUT2D eigenvalue weighted by molar-refractivity contribution is 5.78. The summed E-state index contributed by atoms with van der Waals surface area (Å²) in [6.45, 7) is 0.871. The quantitative estimate of drug-likeness (QED) is 0.461. The van der Waals surface area contributed by atoms with Crippen LogP contribution < -0.4 is 4.74 Å². The van der Waals surface area contributed by atoms with E-state index in [2.05, 4.69) is 0 Å². The molecule has 1 amide bonds. The second-order valence-electron chi connectivity index (χ2n) is 7.82. The second kappa shape index (κ2) is 9.92. The summed E-state index contributed by atoms with van der Waals surface area (Å²) in [7, 11) is 1.61. The Hall–Kier alpha value is -3.25. The Balaban J connectivity index is 1.70. The minimum Gasteiger partial charge on any atom is -0.497 e. The molecule has 0 N–H and O–H groups in total. The molecule has 3 aromatic rings. The number of nitrogens with zero attached hydrogens (tertiary/aromatic N) is 1. The zero-order chi connectivity index (χ0) is 22.5. The third kappa shape index (κ3) is 4.97. The molecule has 1 fully saturated rings. The van der Waals surface area contributed by atoms with Gasteiger partial charge in [0.05, 0.1) is 19.8 Å². The molecule has 0 radical (unpaired) electrons. The predicted molar refractivity (Wildman–Crippen MR) is 117 cm³/mol. The van der Waals surface area contributed by atoms with Crippen molar-refractivity contribution in [3.63, 3.8) is 0 Å². The number of ether oxygens (including phenoxy) is 2. The zero-order valence-electron chi connectivity index (χ0n) is 17.8. The van der Waals surface area contributed by atoms with Crippen molar-refractivity contribution in [3.8, 4) is 5.75 Å². The average Bonchev–Trinajstić information content (AvgIpc) is 3.24. The van der Waals surface area contributed by atoms with E-state index in [1.54, 1.807) is 36.3 Å². The van der Waals surface area contributed by atoms with Crippen molar-refractivity contribution in [3.05, 3.63) is 101 Å². The molecule has 0 bridgehead atoms. The van der Waals surface area contributed by atoms with E-state index in [1.807, 2.05) is 24.3 Å². The minimum atomic E-state index is -0.565.